The number of aromatic nitrogens is 2. The number of nitrogens with zero attached hydrogens (tertiary/aromatic N) is 2. The van der Waals surface area contributed by atoms with Crippen LogP contribution < -0.4 is 0 Å². The Labute approximate surface area is 148 Å². The summed E-state index contributed by atoms with van der Waals surface area (Å²) in [5.41, 5.74) is 1.57. The molecule has 0 radical (unpaired) electrons. The predicted octanol–water partition coefficient (Wildman–Crippen LogP) is 3.68. The molecule has 2 aliphatic rings. The third-order valence-corrected chi connectivity index (χ3v) is 5.91. The van der Waals surface area contributed by atoms with Crippen LogP contribution >= 0.6 is 11.6 Å². The van der Waals surface area contributed by atoms with Crippen molar-refractivity contribution in [2.24, 2.45) is 5.41 Å². The zero-order chi connectivity index (χ0) is 16.4. The standard InChI is InChI=1S/C19H24ClN3O/c20-17-4-2-1-3-15(17)11-16-12-19(14-24-16)5-9-23(10-6-19)13-18-21-7-8-22-18/h1-4,7-8,16H,5-6,9-14H2,(H,21,22). The third kappa shape index (κ3) is 3.51. The molecule has 5 heteroatoms. The molecule has 2 aromatic rings. The van der Waals surface area contributed by atoms with E-state index in [1.54, 1.807) is 0 Å². The van der Waals surface area contributed by atoms with Crippen LogP contribution in [-0.2, 0) is 17.7 Å². The fourth-order valence-corrected chi connectivity index (χ4v) is 4.28. The molecule has 2 saturated heterocycles. The maximum Gasteiger partial charge on any atom is 0.120 e. The number of likely N-dealkylation sites (tertiary alicyclic amines) is 1. The summed E-state index contributed by atoms with van der Waals surface area (Å²) >= 11 is 6.30. The van der Waals surface area contributed by atoms with Crippen LogP contribution in [0.3, 0.4) is 0 Å². The monoisotopic (exact) mass is 345 g/mol. The maximum atomic E-state index is 6.30. The van der Waals surface area contributed by atoms with E-state index >= 15 is 0 Å². The highest BCUT2D eigenvalue weighted by atomic mass is 35.5. The number of ether oxygens (including phenoxy) is 1. The van der Waals surface area contributed by atoms with E-state index in [0.717, 1.165) is 49.9 Å². The van der Waals surface area contributed by atoms with Crippen LogP contribution in [0.5, 0.6) is 0 Å². The number of piperidine rings is 1. The minimum atomic E-state index is 0.307. The molecule has 3 heterocycles. The van der Waals surface area contributed by atoms with Crippen LogP contribution in [0.2, 0.25) is 5.02 Å². The summed E-state index contributed by atoms with van der Waals surface area (Å²) in [6.45, 7) is 4.08. The van der Waals surface area contributed by atoms with Crippen LogP contribution in [0, 0.1) is 5.41 Å². The van der Waals surface area contributed by atoms with Crippen molar-refractivity contribution in [2.75, 3.05) is 19.7 Å². The van der Waals surface area contributed by atoms with Crippen LogP contribution in [0.25, 0.3) is 0 Å². The first-order chi connectivity index (χ1) is 11.7. The lowest BCUT2D eigenvalue weighted by molar-refractivity contribution is 0.0625. The number of nitrogens with one attached hydrogen (secondary N) is 1. The summed E-state index contributed by atoms with van der Waals surface area (Å²) in [6, 6.07) is 8.12. The van der Waals surface area contributed by atoms with Gasteiger partial charge in [-0.05, 0) is 49.4 Å². The van der Waals surface area contributed by atoms with Gasteiger partial charge in [-0.1, -0.05) is 29.8 Å². The topological polar surface area (TPSA) is 41.2 Å². The van der Waals surface area contributed by atoms with Crippen LogP contribution in [-0.4, -0.2) is 40.7 Å². The van der Waals surface area contributed by atoms with Gasteiger partial charge in [0.2, 0.25) is 0 Å². The summed E-state index contributed by atoms with van der Waals surface area (Å²) in [4.78, 5) is 10.0. The van der Waals surface area contributed by atoms with E-state index in [9.17, 15) is 0 Å². The molecule has 0 bridgehead atoms. The van der Waals surface area contributed by atoms with Crippen molar-refractivity contribution in [3.63, 3.8) is 0 Å². The fraction of sp³-hybridized carbons (Fsp3) is 0.526. The molecule has 1 aromatic heterocycles. The van der Waals surface area contributed by atoms with E-state index in [0.29, 0.717) is 11.5 Å². The molecule has 1 atom stereocenters. The highest BCUT2D eigenvalue weighted by Crippen LogP contribution is 2.43. The molecule has 128 valence electrons. The molecule has 4 nitrogen and oxygen atoms in total. The molecule has 0 saturated carbocycles. The summed E-state index contributed by atoms with van der Waals surface area (Å²) in [5.74, 6) is 1.06. The number of benzene rings is 1. The first-order valence-electron chi connectivity index (χ1n) is 8.78. The second kappa shape index (κ2) is 6.87. The lowest BCUT2D eigenvalue weighted by Crippen LogP contribution is -2.40. The molecular formula is C19H24ClN3O. The van der Waals surface area contributed by atoms with Gasteiger partial charge in [-0.3, -0.25) is 4.90 Å². The molecule has 2 aliphatic heterocycles. The number of rotatable bonds is 4. The van der Waals surface area contributed by atoms with Crippen molar-refractivity contribution < 1.29 is 4.74 Å². The third-order valence-electron chi connectivity index (χ3n) is 5.54. The number of H-pyrrole nitrogens is 1. The SMILES string of the molecule is Clc1ccccc1CC1CC2(CCN(Cc3ncc[nH]3)CC2)CO1. The number of imidazole rings is 1. The molecule has 0 aliphatic carbocycles. The molecule has 4 rings (SSSR count). The van der Waals surface area contributed by atoms with Gasteiger partial charge in [-0.15, -0.1) is 0 Å². The van der Waals surface area contributed by atoms with E-state index < -0.39 is 0 Å². The number of aromatic amines is 1. The van der Waals surface area contributed by atoms with Crippen LogP contribution in [0.4, 0.5) is 0 Å². The summed E-state index contributed by atoms with van der Waals surface area (Å²) < 4.78 is 6.15. The average molecular weight is 346 g/mol. The maximum absolute atomic E-state index is 6.30. The summed E-state index contributed by atoms with van der Waals surface area (Å²) in [7, 11) is 0. The van der Waals surface area contributed by atoms with Crippen LogP contribution in [0.15, 0.2) is 36.7 Å². The van der Waals surface area contributed by atoms with E-state index in [1.165, 1.54) is 18.4 Å². The molecule has 2 fully saturated rings. The molecular weight excluding hydrogens is 322 g/mol. The predicted molar refractivity (Wildman–Crippen MR) is 95.0 cm³/mol. The van der Waals surface area contributed by atoms with Gasteiger partial charge < -0.3 is 9.72 Å². The smallest absolute Gasteiger partial charge is 0.120 e. The highest BCUT2D eigenvalue weighted by molar-refractivity contribution is 6.31. The van der Waals surface area contributed by atoms with Gasteiger partial charge in [0.05, 0.1) is 19.3 Å². The number of hydrogen-bond donors (Lipinski definition) is 1. The van der Waals surface area contributed by atoms with E-state index in [-0.39, 0.29) is 0 Å². The van der Waals surface area contributed by atoms with Gasteiger partial charge >= 0.3 is 0 Å². The van der Waals surface area contributed by atoms with Crippen molar-refractivity contribution in [1.82, 2.24) is 14.9 Å². The molecule has 24 heavy (non-hydrogen) atoms. The van der Waals surface area contributed by atoms with Crippen molar-refractivity contribution in [3.05, 3.63) is 53.1 Å². The Kier molecular flexibility index (Phi) is 4.61. The number of hydrogen-bond acceptors (Lipinski definition) is 3. The summed E-state index contributed by atoms with van der Waals surface area (Å²) in [5, 5.41) is 0.857. The van der Waals surface area contributed by atoms with Crippen molar-refractivity contribution in [2.45, 2.75) is 38.3 Å². The van der Waals surface area contributed by atoms with Gasteiger partial charge in [0.15, 0.2) is 0 Å². The Balaban J connectivity index is 1.31. The lowest BCUT2D eigenvalue weighted by atomic mass is 9.76. The zero-order valence-corrected chi connectivity index (χ0v) is 14.6. The van der Waals surface area contributed by atoms with Gasteiger partial charge in [-0.25, -0.2) is 4.98 Å². The molecule has 1 spiro atoms. The second-order valence-corrected chi connectivity index (χ2v) is 7.65. The van der Waals surface area contributed by atoms with Crippen molar-refractivity contribution in [3.8, 4) is 0 Å². The molecule has 1 N–H and O–H groups in total. The minimum absolute atomic E-state index is 0.307. The first-order valence-corrected chi connectivity index (χ1v) is 9.16. The molecule has 0 amide bonds. The summed E-state index contributed by atoms with van der Waals surface area (Å²) in [6.07, 6.45) is 8.54. The van der Waals surface area contributed by atoms with Gasteiger partial charge in [0, 0.05) is 23.8 Å². The van der Waals surface area contributed by atoms with E-state index in [2.05, 4.69) is 27.0 Å². The normalized spacial score (nSPS) is 23.8. The van der Waals surface area contributed by atoms with Gasteiger partial charge in [0.1, 0.15) is 5.82 Å². The van der Waals surface area contributed by atoms with Gasteiger partial charge in [0.25, 0.3) is 0 Å². The Hall–Kier alpha value is -1.36. The first kappa shape index (κ1) is 16.1. The number of halogens is 1. The minimum Gasteiger partial charge on any atom is -0.377 e. The Bertz CT molecular complexity index is 665. The van der Waals surface area contributed by atoms with Crippen LogP contribution in [0.1, 0.15) is 30.7 Å². The lowest BCUT2D eigenvalue weighted by Gasteiger charge is -2.38. The largest absolute Gasteiger partial charge is 0.377 e. The van der Waals surface area contributed by atoms with E-state index in [4.69, 9.17) is 16.3 Å². The Morgan fingerprint density at radius 1 is 1.29 bits per heavy atom. The Morgan fingerprint density at radius 3 is 2.88 bits per heavy atom. The zero-order valence-electron chi connectivity index (χ0n) is 13.9. The average Bonchev–Trinajstić information content (AvgIpc) is 3.23. The van der Waals surface area contributed by atoms with E-state index in [1.807, 2.05) is 24.5 Å². The Morgan fingerprint density at radius 2 is 2.12 bits per heavy atom. The molecule has 1 aromatic carbocycles. The van der Waals surface area contributed by atoms with Crippen molar-refractivity contribution in [1.29, 1.82) is 0 Å². The van der Waals surface area contributed by atoms with Gasteiger partial charge in [-0.2, -0.15) is 0 Å². The molecule has 1 unspecified atom stereocenters. The van der Waals surface area contributed by atoms with Crippen molar-refractivity contribution >= 4 is 11.6 Å². The quantitative estimate of drug-likeness (QED) is 0.919. The highest BCUT2D eigenvalue weighted by Gasteiger charge is 2.42. The fourth-order valence-electron chi connectivity index (χ4n) is 4.07. The second-order valence-electron chi connectivity index (χ2n) is 7.24.